The zero-order valence-electron chi connectivity index (χ0n) is 12.9. The highest BCUT2D eigenvalue weighted by atomic mass is 16.5. The van der Waals surface area contributed by atoms with Gasteiger partial charge in [-0.15, -0.1) is 0 Å². The largest absolute Gasteiger partial charge is 0.497 e. The topological polar surface area (TPSA) is 36.9 Å². The molecule has 2 aromatic carbocycles. The van der Waals surface area contributed by atoms with Crippen LogP contribution < -0.4 is 18.9 Å². The molecule has 1 aliphatic rings. The van der Waals surface area contributed by atoms with Crippen LogP contribution in [0, 0.1) is 0 Å². The van der Waals surface area contributed by atoms with E-state index in [4.69, 9.17) is 18.9 Å². The number of rotatable bonds is 4. The Kier molecular flexibility index (Phi) is 3.92. The molecule has 0 fully saturated rings. The molecule has 0 unspecified atom stereocenters. The quantitative estimate of drug-likeness (QED) is 0.863. The Morgan fingerprint density at radius 2 is 1.59 bits per heavy atom. The summed E-state index contributed by atoms with van der Waals surface area (Å²) in [6.07, 6.45) is 2.10. The number of ether oxygens (including phenoxy) is 4. The van der Waals surface area contributed by atoms with E-state index in [1.165, 1.54) is 0 Å². The van der Waals surface area contributed by atoms with Crippen molar-refractivity contribution < 1.29 is 18.9 Å². The molecular weight excluding hydrogens is 280 g/mol. The normalized spacial score (nSPS) is 12.8. The molecular formula is C18H18O4. The molecule has 22 heavy (non-hydrogen) atoms. The maximum Gasteiger partial charge on any atom is 0.134 e. The predicted molar refractivity (Wildman–Crippen MR) is 85.9 cm³/mol. The Hall–Kier alpha value is -2.62. The lowest BCUT2D eigenvalue weighted by atomic mass is 10.00. The lowest BCUT2D eigenvalue weighted by Gasteiger charge is -2.21. The molecule has 1 aliphatic heterocycles. The summed E-state index contributed by atoms with van der Waals surface area (Å²) < 4.78 is 21.8. The van der Waals surface area contributed by atoms with Gasteiger partial charge in [-0.3, -0.25) is 0 Å². The summed E-state index contributed by atoms with van der Waals surface area (Å²) in [5, 5.41) is 0. The van der Waals surface area contributed by atoms with Gasteiger partial charge in [-0.2, -0.15) is 0 Å². The average Bonchev–Trinajstić information content (AvgIpc) is 2.60. The van der Waals surface area contributed by atoms with Crippen LogP contribution in [0.5, 0.6) is 23.0 Å². The van der Waals surface area contributed by atoms with Crippen molar-refractivity contribution in [1.82, 2.24) is 0 Å². The molecule has 0 radical (unpaired) electrons. The highest BCUT2D eigenvalue weighted by molar-refractivity contribution is 5.88. The van der Waals surface area contributed by atoms with Crippen LogP contribution >= 0.6 is 0 Å². The Morgan fingerprint density at radius 1 is 0.864 bits per heavy atom. The van der Waals surface area contributed by atoms with Crippen molar-refractivity contribution >= 4 is 11.6 Å². The van der Waals surface area contributed by atoms with Gasteiger partial charge in [0, 0.05) is 12.1 Å². The Bertz CT molecular complexity index is 702. The first kappa shape index (κ1) is 14.3. The van der Waals surface area contributed by atoms with E-state index in [2.05, 4.69) is 6.08 Å². The number of hydrogen-bond acceptors (Lipinski definition) is 4. The monoisotopic (exact) mass is 298 g/mol. The van der Waals surface area contributed by atoms with Crippen molar-refractivity contribution in [3.8, 4) is 23.0 Å². The first-order valence-corrected chi connectivity index (χ1v) is 6.99. The minimum absolute atomic E-state index is 0.510. The zero-order valence-corrected chi connectivity index (χ0v) is 12.9. The van der Waals surface area contributed by atoms with Crippen LogP contribution in [0.25, 0.3) is 11.6 Å². The molecule has 3 rings (SSSR count). The van der Waals surface area contributed by atoms with Gasteiger partial charge in [-0.1, -0.05) is 12.1 Å². The summed E-state index contributed by atoms with van der Waals surface area (Å²) >= 11 is 0. The first-order chi connectivity index (χ1) is 10.7. The van der Waals surface area contributed by atoms with E-state index < -0.39 is 0 Å². The van der Waals surface area contributed by atoms with Crippen LogP contribution in [-0.2, 0) is 0 Å². The van der Waals surface area contributed by atoms with Crippen LogP contribution in [0.3, 0.4) is 0 Å². The lowest BCUT2D eigenvalue weighted by molar-refractivity contribution is 0.348. The fraction of sp³-hybridized carbons (Fsp3) is 0.222. The summed E-state index contributed by atoms with van der Waals surface area (Å²) in [5.41, 5.74) is 3.13. The van der Waals surface area contributed by atoms with Crippen LogP contribution in [-0.4, -0.2) is 27.9 Å². The van der Waals surface area contributed by atoms with Gasteiger partial charge in [0.05, 0.1) is 26.9 Å². The van der Waals surface area contributed by atoms with Crippen LogP contribution in [0.1, 0.15) is 11.1 Å². The number of benzene rings is 2. The van der Waals surface area contributed by atoms with Crippen molar-refractivity contribution in [1.29, 1.82) is 0 Å². The van der Waals surface area contributed by atoms with E-state index >= 15 is 0 Å². The molecule has 0 aliphatic carbocycles. The molecule has 4 heteroatoms. The zero-order chi connectivity index (χ0) is 15.5. The fourth-order valence-electron chi connectivity index (χ4n) is 2.47. The van der Waals surface area contributed by atoms with Crippen LogP contribution in [0.15, 0.2) is 36.4 Å². The molecule has 0 spiro atoms. The molecule has 114 valence electrons. The molecule has 0 atom stereocenters. The lowest BCUT2D eigenvalue weighted by Crippen LogP contribution is -2.08. The molecule has 0 saturated carbocycles. The maximum absolute atomic E-state index is 5.87. The average molecular weight is 298 g/mol. The van der Waals surface area contributed by atoms with Crippen LogP contribution in [0.2, 0.25) is 0 Å². The van der Waals surface area contributed by atoms with Gasteiger partial charge in [-0.05, 0) is 29.3 Å². The van der Waals surface area contributed by atoms with Crippen LogP contribution in [0.4, 0.5) is 0 Å². The maximum atomic E-state index is 5.87. The molecule has 0 aromatic heterocycles. The summed E-state index contributed by atoms with van der Waals surface area (Å²) in [6.45, 7) is 0.510. The van der Waals surface area contributed by atoms with E-state index in [9.17, 15) is 0 Å². The molecule has 0 amide bonds. The summed E-state index contributed by atoms with van der Waals surface area (Å²) in [6, 6.07) is 11.7. The van der Waals surface area contributed by atoms with E-state index in [0.717, 1.165) is 39.7 Å². The second kappa shape index (κ2) is 6.02. The molecule has 0 N–H and O–H groups in total. The minimum Gasteiger partial charge on any atom is -0.497 e. The van der Waals surface area contributed by atoms with Crippen molar-refractivity contribution in [3.05, 3.63) is 47.5 Å². The first-order valence-electron chi connectivity index (χ1n) is 6.99. The van der Waals surface area contributed by atoms with Gasteiger partial charge in [0.25, 0.3) is 0 Å². The Labute approximate surface area is 129 Å². The molecule has 0 saturated heterocycles. The molecule has 2 aromatic rings. The van der Waals surface area contributed by atoms with Gasteiger partial charge >= 0.3 is 0 Å². The van der Waals surface area contributed by atoms with Crippen molar-refractivity contribution in [2.45, 2.75) is 0 Å². The Balaban J connectivity index is 2.01. The SMILES string of the molecule is COc1ccc(C2=Cc3c(OC)cc(OC)cc3OC2)cc1. The highest BCUT2D eigenvalue weighted by Gasteiger charge is 2.18. The van der Waals surface area contributed by atoms with Gasteiger partial charge in [0.15, 0.2) is 0 Å². The van der Waals surface area contributed by atoms with E-state index in [0.29, 0.717) is 6.61 Å². The number of methoxy groups -OCH3 is 3. The van der Waals surface area contributed by atoms with Gasteiger partial charge in [-0.25, -0.2) is 0 Å². The van der Waals surface area contributed by atoms with Crippen molar-refractivity contribution in [2.75, 3.05) is 27.9 Å². The second-order valence-corrected chi connectivity index (χ2v) is 4.93. The third kappa shape index (κ3) is 2.60. The highest BCUT2D eigenvalue weighted by Crippen LogP contribution is 2.40. The summed E-state index contributed by atoms with van der Waals surface area (Å²) in [4.78, 5) is 0. The minimum atomic E-state index is 0.510. The predicted octanol–water partition coefficient (Wildman–Crippen LogP) is 3.65. The molecule has 1 heterocycles. The summed E-state index contributed by atoms with van der Waals surface area (Å²) in [5.74, 6) is 3.06. The third-order valence-corrected chi connectivity index (χ3v) is 3.70. The smallest absolute Gasteiger partial charge is 0.134 e. The van der Waals surface area contributed by atoms with E-state index in [1.54, 1.807) is 21.3 Å². The van der Waals surface area contributed by atoms with Gasteiger partial charge in [0.1, 0.15) is 29.6 Å². The van der Waals surface area contributed by atoms with Gasteiger partial charge in [0.2, 0.25) is 0 Å². The van der Waals surface area contributed by atoms with Gasteiger partial charge < -0.3 is 18.9 Å². The van der Waals surface area contributed by atoms with E-state index in [-0.39, 0.29) is 0 Å². The van der Waals surface area contributed by atoms with Crippen molar-refractivity contribution in [3.63, 3.8) is 0 Å². The van der Waals surface area contributed by atoms with Crippen molar-refractivity contribution in [2.24, 2.45) is 0 Å². The van der Waals surface area contributed by atoms with E-state index in [1.807, 2.05) is 36.4 Å². The second-order valence-electron chi connectivity index (χ2n) is 4.93. The number of hydrogen-bond donors (Lipinski definition) is 0. The standard InChI is InChI=1S/C18H18O4/c1-19-14-6-4-12(5-7-14)13-8-16-17(21-3)9-15(20-2)10-18(16)22-11-13/h4-10H,11H2,1-3H3. The third-order valence-electron chi connectivity index (χ3n) is 3.70. The number of fused-ring (bicyclic) bond motifs is 1. The molecule has 4 nitrogen and oxygen atoms in total. The fourth-order valence-corrected chi connectivity index (χ4v) is 2.47. The summed E-state index contributed by atoms with van der Waals surface area (Å²) in [7, 11) is 4.93. The Morgan fingerprint density at radius 3 is 2.23 bits per heavy atom. The molecule has 0 bridgehead atoms.